The minimum atomic E-state index is -0.699. The Labute approximate surface area is 262 Å². The largest absolute Gasteiger partial charge is 0.390 e. The Morgan fingerprint density at radius 2 is 1.80 bits per heavy atom. The number of hydrogen-bond acceptors (Lipinski definition) is 7. The van der Waals surface area contributed by atoms with Crippen LogP contribution in [0.1, 0.15) is 79.0 Å². The predicted molar refractivity (Wildman–Crippen MR) is 175 cm³/mol. The van der Waals surface area contributed by atoms with Crippen LogP contribution in [0.3, 0.4) is 0 Å². The molecule has 1 amide bonds. The number of carbonyl (C=O) groups is 1. The smallest absolute Gasteiger partial charge is 0.261 e. The number of aromatic amines is 1. The molecule has 1 fully saturated rings. The first-order chi connectivity index (χ1) is 21.0. The number of benzene rings is 1. The average molecular weight is 615 g/mol. The number of rotatable bonds is 8. The van der Waals surface area contributed by atoms with E-state index in [9.17, 15) is 19.8 Å². The van der Waals surface area contributed by atoms with Gasteiger partial charge in [0.25, 0.3) is 5.91 Å². The zero-order valence-corrected chi connectivity index (χ0v) is 26.4. The van der Waals surface area contributed by atoms with Gasteiger partial charge < -0.3 is 25.8 Å². The van der Waals surface area contributed by atoms with Crippen LogP contribution in [-0.4, -0.2) is 50.9 Å². The third-order valence-corrected chi connectivity index (χ3v) is 10.5. The van der Waals surface area contributed by atoms with Gasteiger partial charge >= 0.3 is 0 Å². The summed E-state index contributed by atoms with van der Waals surface area (Å²) in [7, 11) is 0. The number of carbonyl (C=O) groups excluding carboxylic acids is 1. The SMILES string of the molecule is CC(C)(C)[C@H]1CCc2nc3sc(C(=O)N[C@H](CCNC4C[C@@H](O)[C@@H](O)C4)c4ccc(-c5ccc(=O)[nH]c5)cc4)cc3cc2C1. The van der Waals surface area contributed by atoms with Gasteiger partial charge in [-0.2, -0.15) is 0 Å². The van der Waals surface area contributed by atoms with Crippen LogP contribution in [0.5, 0.6) is 0 Å². The lowest BCUT2D eigenvalue weighted by Crippen LogP contribution is -2.33. The fourth-order valence-corrected chi connectivity index (χ4v) is 7.55. The highest BCUT2D eigenvalue weighted by Gasteiger charge is 2.32. The van der Waals surface area contributed by atoms with Crippen molar-refractivity contribution in [1.29, 1.82) is 0 Å². The van der Waals surface area contributed by atoms with E-state index in [0.717, 1.165) is 46.2 Å². The summed E-state index contributed by atoms with van der Waals surface area (Å²) in [5, 5.41) is 27.6. The van der Waals surface area contributed by atoms with E-state index in [-0.39, 0.29) is 29.0 Å². The van der Waals surface area contributed by atoms with Crippen molar-refractivity contribution in [2.24, 2.45) is 11.3 Å². The molecule has 1 unspecified atom stereocenters. The molecule has 1 aromatic carbocycles. The van der Waals surface area contributed by atoms with Gasteiger partial charge in [0.05, 0.1) is 23.1 Å². The Bertz CT molecular complexity index is 1660. The van der Waals surface area contributed by atoms with Crippen molar-refractivity contribution in [2.75, 3.05) is 6.54 Å². The van der Waals surface area contributed by atoms with Crippen molar-refractivity contribution >= 4 is 27.5 Å². The second kappa shape index (κ2) is 12.6. The molecule has 3 heterocycles. The van der Waals surface area contributed by atoms with E-state index in [2.05, 4.69) is 42.5 Å². The second-order valence-electron chi connectivity index (χ2n) is 13.5. The lowest BCUT2D eigenvalue weighted by Gasteiger charge is -2.34. The van der Waals surface area contributed by atoms with Gasteiger partial charge in [0.1, 0.15) is 4.83 Å². The summed E-state index contributed by atoms with van der Waals surface area (Å²) in [6.07, 6.45) is 5.11. The van der Waals surface area contributed by atoms with Gasteiger partial charge in [0.15, 0.2) is 0 Å². The van der Waals surface area contributed by atoms with Crippen LogP contribution < -0.4 is 16.2 Å². The number of nitrogens with zero attached hydrogens (tertiary/aromatic N) is 1. The number of H-pyrrole nitrogens is 1. The summed E-state index contributed by atoms with van der Waals surface area (Å²) in [4.78, 5) is 34.4. The van der Waals surface area contributed by atoms with Crippen LogP contribution in [0, 0.1) is 11.3 Å². The van der Waals surface area contributed by atoms with Gasteiger partial charge in [0.2, 0.25) is 5.56 Å². The number of aliphatic hydroxyl groups is 2. The number of fused-ring (bicyclic) bond motifs is 2. The molecule has 1 saturated carbocycles. The molecule has 4 aromatic rings. The van der Waals surface area contributed by atoms with Crippen LogP contribution in [0.15, 0.2) is 59.5 Å². The fourth-order valence-electron chi connectivity index (χ4n) is 6.62. The summed E-state index contributed by atoms with van der Waals surface area (Å²) in [6.45, 7) is 7.55. The van der Waals surface area contributed by atoms with Crippen molar-refractivity contribution in [3.8, 4) is 11.1 Å². The Morgan fingerprint density at radius 1 is 1.07 bits per heavy atom. The van der Waals surface area contributed by atoms with Gasteiger partial charge in [-0.15, -0.1) is 11.3 Å². The molecule has 0 bridgehead atoms. The van der Waals surface area contributed by atoms with Gasteiger partial charge in [-0.1, -0.05) is 45.0 Å². The molecule has 0 saturated heterocycles. The van der Waals surface area contributed by atoms with Gasteiger partial charge in [-0.3, -0.25) is 9.59 Å². The van der Waals surface area contributed by atoms with Crippen molar-refractivity contribution < 1.29 is 15.0 Å². The van der Waals surface area contributed by atoms with Gasteiger partial charge in [-0.25, -0.2) is 4.98 Å². The van der Waals surface area contributed by atoms with Crippen molar-refractivity contribution in [2.45, 2.75) is 83.6 Å². The van der Waals surface area contributed by atoms with Crippen LogP contribution in [0.4, 0.5) is 0 Å². The Kier molecular flexibility index (Phi) is 8.75. The quantitative estimate of drug-likeness (QED) is 0.187. The van der Waals surface area contributed by atoms with E-state index >= 15 is 0 Å². The number of aryl methyl sites for hydroxylation is 1. The minimum Gasteiger partial charge on any atom is -0.390 e. The van der Waals surface area contributed by atoms with E-state index in [4.69, 9.17) is 4.98 Å². The molecule has 9 heteroatoms. The summed E-state index contributed by atoms with van der Waals surface area (Å²) < 4.78 is 0. The lowest BCUT2D eigenvalue weighted by molar-refractivity contribution is 0.0438. The molecule has 44 heavy (non-hydrogen) atoms. The van der Waals surface area contributed by atoms with Gasteiger partial charge in [-0.05, 0) is 96.9 Å². The number of aromatic nitrogens is 2. The molecule has 2 aliphatic carbocycles. The maximum absolute atomic E-state index is 13.7. The maximum Gasteiger partial charge on any atom is 0.261 e. The van der Waals surface area contributed by atoms with Crippen molar-refractivity contribution in [3.05, 3.63) is 86.8 Å². The molecule has 6 rings (SSSR count). The minimum absolute atomic E-state index is 0.0385. The fraction of sp³-hybridized carbons (Fsp3) is 0.457. The van der Waals surface area contributed by atoms with E-state index < -0.39 is 12.2 Å². The molecule has 8 nitrogen and oxygen atoms in total. The normalized spacial score (nSPS) is 22.6. The summed E-state index contributed by atoms with van der Waals surface area (Å²) in [5.41, 5.74) is 5.44. The highest BCUT2D eigenvalue weighted by molar-refractivity contribution is 7.20. The second-order valence-corrected chi connectivity index (χ2v) is 14.6. The Morgan fingerprint density at radius 3 is 2.48 bits per heavy atom. The van der Waals surface area contributed by atoms with Crippen LogP contribution in [0.2, 0.25) is 0 Å². The maximum atomic E-state index is 13.7. The van der Waals surface area contributed by atoms with E-state index in [1.54, 1.807) is 12.3 Å². The first kappa shape index (κ1) is 30.6. The van der Waals surface area contributed by atoms with Crippen LogP contribution in [0.25, 0.3) is 21.3 Å². The zero-order chi connectivity index (χ0) is 31.0. The standard InChI is InChI=1S/C35H42N4O4S/c1-35(2,3)25-9-10-27-23(15-25)14-24-16-31(44-34(24)39-27)33(43)38-28(12-13-36-26-17-29(40)30(41)18-26)21-6-4-20(5-7-21)22-8-11-32(42)37-19-22/h4-8,11,14,16,19,25-26,28-30,36,40-41H,9-10,12-13,15,17-18H2,1-3H3,(H,37,42)(H,38,43)/t25-,26?,28+,29-,30+/m0/s1. The lowest BCUT2D eigenvalue weighted by atomic mass is 9.71. The summed E-state index contributed by atoms with van der Waals surface area (Å²) in [5.74, 6) is 0.497. The molecule has 0 spiro atoms. The predicted octanol–water partition coefficient (Wildman–Crippen LogP) is 5.14. The Hall–Kier alpha value is -3.37. The van der Waals surface area contributed by atoms with Crippen molar-refractivity contribution in [3.63, 3.8) is 0 Å². The highest BCUT2D eigenvalue weighted by atomic mass is 32.1. The summed E-state index contributed by atoms with van der Waals surface area (Å²) in [6, 6.07) is 15.3. The molecular weight excluding hydrogens is 572 g/mol. The van der Waals surface area contributed by atoms with Crippen LogP contribution in [-0.2, 0) is 12.8 Å². The monoisotopic (exact) mass is 614 g/mol. The number of pyridine rings is 2. The highest BCUT2D eigenvalue weighted by Crippen LogP contribution is 2.38. The number of amides is 1. The molecule has 0 radical (unpaired) electrons. The van der Waals surface area contributed by atoms with E-state index in [1.807, 2.05) is 30.3 Å². The topological polar surface area (TPSA) is 127 Å². The molecule has 5 atom stereocenters. The molecule has 2 aliphatic rings. The molecule has 3 aromatic heterocycles. The third-order valence-electron chi connectivity index (χ3n) is 9.42. The van der Waals surface area contributed by atoms with Gasteiger partial charge in [0, 0.05) is 29.4 Å². The first-order valence-corrected chi connectivity index (χ1v) is 16.5. The average Bonchev–Trinajstić information content (AvgIpc) is 3.56. The first-order valence-electron chi connectivity index (χ1n) is 15.7. The van der Waals surface area contributed by atoms with E-state index in [1.165, 1.54) is 28.7 Å². The molecule has 5 N–H and O–H groups in total. The molecule has 232 valence electrons. The number of nitrogens with one attached hydrogen (secondary N) is 3. The van der Waals surface area contributed by atoms with E-state index in [0.29, 0.717) is 36.6 Å². The third kappa shape index (κ3) is 6.81. The van der Waals surface area contributed by atoms with Crippen LogP contribution >= 0.6 is 11.3 Å². The number of thiophene rings is 1. The zero-order valence-electron chi connectivity index (χ0n) is 25.6. The molecule has 0 aliphatic heterocycles. The number of hydrogen-bond donors (Lipinski definition) is 5. The summed E-state index contributed by atoms with van der Waals surface area (Å²) >= 11 is 1.44. The molecular formula is C35H42N4O4S. The Balaban J connectivity index is 1.20. The number of aliphatic hydroxyl groups excluding tert-OH is 2. The van der Waals surface area contributed by atoms with Crippen molar-refractivity contribution in [1.82, 2.24) is 20.6 Å².